The van der Waals surface area contributed by atoms with Crippen LogP contribution in [0, 0.1) is 5.82 Å². The molecule has 4 heteroatoms. The Morgan fingerprint density at radius 2 is 1.53 bits per heavy atom. The molecular formula is C30H22FNOSe. The summed E-state index contributed by atoms with van der Waals surface area (Å²) in [6.07, 6.45) is 0. The number of fused-ring (bicyclic) bond motifs is 5. The molecular weight excluding hydrogens is 488 g/mol. The molecule has 0 radical (unpaired) electrons. The van der Waals surface area contributed by atoms with Crippen LogP contribution in [0.4, 0.5) is 4.39 Å². The average Bonchev–Trinajstić information content (AvgIpc) is 3.22. The number of rotatable bonds is 4. The van der Waals surface area contributed by atoms with Gasteiger partial charge < -0.3 is 0 Å². The topological polar surface area (TPSA) is 22.0 Å². The molecule has 166 valence electrons. The monoisotopic (exact) mass is 511 g/mol. The summed E-state index contributed by atoms with van der Waals surface area (Å²) >= 11 is 0.133. The normalized spacial score (nSPS) is 16.9. The molecule has 6 rings (SSSR count). The summed E-state index contributed by atoms with van der Waals surface area (Å²) in [5.41, 5.74) is 4.92. The van der Waals surface area contributed by atoms with Gasteiger partial charge in [-0.15, -0.1) is 0 Å². The van der Waals surface area contributed by atoms with E-state index in [0.717, 1.165) is 44.2 Å². The Morgan fingerprint density at radius 1 is 0.853 bits per heavy atom. The van der Waals surface area contributed by atoms with Gasteiger partial charge in [0.05, 0.1) is 0 Å². The van der Waals surface area contributed by atoms with Crippen LogP contribution < -0.4 is 4.46 Å². The quantitative estimate of drug-likeness (QED) is 0.254. The fraction of sp³-hybridized carbons (Fsp3) is 0.100. The Bertz CT molecular complexity index is 1540. The molecule has 5 aromatic rings. The van der Waals surface area contributed by atoms with Crippen molar-refractivity contribution in [3.05, 3.63) is 115 Å². The van der Waals surface area contributed by atoms with Gasteiger partial charge in [0.1, 0.15) is 0 Å². The van der Waals surface area contributed by atoms with Gasteiger partial charge in [-0.05, 0) is 0 Å². The molecule has 1 aromatic heterocycles. The van der Waals surface area contributed by atoms with Gasteiger partial charge >= 0.3 is 205 Å². The summed E-state index contributed by atoms with van der Waals surface area (Å²) in [7, 11) is 0. The molecule has 0 spiro atoms. The first-order chi connectivity index (χ1) is 16.6. The Morgan fingerprint density at radius 3 is 2.29 bits per heavy atom. The number of benzene rings is 4. The van der Waals surface area contributed by atoms with Crippen molar-refractivity contribution in [2.24, 2.45) is 0 Å². The first-order valence-electron chi connectivity index (χ1n) is 11.3. The molecule has 0 amide bonds. The Balaban J connectivity index is 1.62. The molecule has 4 aromatic carbocycles. The minimum atomic E-state index is -0.673. The third-order valence-corrected chi connectivity index (χ3v) is 9.50. The molecule has 2 nitrogen and oxygen atoms in total. The van der Waals surface area contributed by atoms with Gasteiger partial charge in [0, 0.05) is 0 Å². The maximum atomic E-state index is 14.5. The van der Waals surface area contributed by atoms with Crippen LogP contribution >= 0.6 is 0 Å². The van der Waals surface area contributed by atoms with Gasteiger partial charge in [-0.2, -0.15) is 0 Å². The Kier molecular flexibility index (Phi) is 5.02. The van der Waals surface area contributed by atoms with E-state index in [2.05, 4.69) is 31.2 Å². The van der Waals surface area contributed by atoms with E-state index in [-0.39, 0.29) is 26.7 Å². The van der Waals surface area contributed by atoms with E-state index in [0.29, 0.717) is 0 Å². The van der Waals surface area contributed by atoms with Crippen molar-refractivity contribution in [1.82, 2.24) is 4.57 Å². The van der Waals surface area contributed by atoms with Crippen molar-refractivity contribution in [1.29, 1.82) is 0 Å². The summed E-state index contributed by atoms with van der Waals surface area (Å²) in [5, 5.41) is 1.52. The van der Waals surface area contributed by atoms with Crippen LogP contribution in [0.25, 0.3) is 33.3 Å². The predicted molar refractivity (Wildman–Crippen MR) is 137 cm³/mol. The number of aromatic nitrogens is 1. The standard InChI is InChI=1S/C30H22FNOSe/c1-30(19-34-22-12-6-3-7-13-22)25-15-9-8-14-23(25)28-27(20-10-4-2-5-11-20)24-18-21(31)16-17-26(24)32(28)29(30)33/h2-18H,19H2,1H3. The third kappa shape index (κ3) is 3.18. The third-order valence-electron chi connectivity index (χ3n) is 6.71. The fourth-order valence-electron chi connectivity index (χ4n) is 5.04. The molecule has 0 aliphatic carbocycles. The number of carbonyl (C=O) groups is 1. The van der Waals surface area contributed by atoms with Crippen LogP contribution in [0.3, 0.4) is 0 Å². The maximum absolute atomic E-state index is 14.5. The van der Waals surface area contributed by atoms with E-state index >= 15 is 0 Å². The second kappa shape index (κ2) is 8.09. The molecule has 0 saturated heterocycles. The van der Waals surface area contributed by atoms with Crippen molar-refractivity contribution in [2.45, 2.75) is 17.7 Å². The van der Waals surface area contributed by atoms with Crippen LogP contribution in [0.15, 0.2) is 103 Å². The summed E-state index contributed by atoms with van der Waals surface area (Å²) in [6, 6.07) is 33.3. The van der Waals surface area contributed by atoms with Crippen molar-refractivity contribution >= 4 is 36.2 Å². The molecule has 1 unspecified atom stereocenters. The SMILES string of the molecule is CC1(C[Se]c2ccccc2)C(=O)n2c(c(-c3ccccc3)c3cc(F)ccc32)-c2ccccc21. The van der Waals surface area contributed by atoms with E-state index < -0.39 is 5.41 Å². The first-order valence-corrected chi connectivity index (χ1v) is 13.4. The summed E-state index contributed by atoms with van der Waals surface area (Å²) in [6.45, 7) is 2.07. The number of hydrogen-bond acceptors (Lipinski definition) is 1. The molecule has 0 fully saturated rings. The van der Waals surface area contributed by atoms with Crippen molar-refractivity contribution in [2.75, 3.05) is 0 Å². The van der Waals surface area contributed by atoms with Gasteiger partial charge in [-0.1, -0.05) is 0 Å². The van der Waals surface area contributed by atoms with Gasteiger partial charge in [0.2, 0.25) is 0 Å². The van der Waals surface area contributed by atoms with Crippen LogP contribution in [0.2, 0.25) is 5.32 Å². The Hall–Kier alpha value is -3.46. The van der Waals surface area contributed by atoms with Crippen LogP contribution in [0.1, 0.15) is 17.3 Å². The first kappa shape index (κ1) is 21.1. The van der Waals surface area contributed by atoms with Crippen molar-refractivity contribution in [3.8, 4) is 22.4 Å². The number of carbonyl (C=O) groups excluding carboxylic acids is 1. The number of nitrogens with zero attached hydrogens (tertiary/aromatic N) is 1. The Labute approximate surface area is 204 Å². The molecule has 0 saturated carbocycles. The van der Waals surface area contributed by atoms with Crippen molar-refractivity contribution in [3.63, 3.8) is 0 Å². The van der Waals surface area contributed by atoms with Crippen LogP contribution in [-0.4, -0.2) is 25.4 Å². The second-order valence-electron chi connectivity index (χ2n) is 8.87. The number of hydrogen-bond donors (Lipinski definition) is 0. The molecule has 34 heavy (non-hydrogen) atoms. The average molecular weight is 510 g/mol. The fourth-order valence-corrected chi connectivity index (χ4v) is 7.32. The van der Waals surface area contributed by atoms with E-state index in [1.54, 1.807) is 12.1 Å². The molecule has 1 atom stereocenters. The van der Waals surface area contributed by atoms with Gasteiger partial charge in [0.15, 0.2) is 0 Å². The molecule has 1 aliphatic heterocycles. The minimum absolute atomic E-state index is 0.0535. The predicted octanol–water partition coefficient (Wildman–Crippen LogP) is 6.47. The molecule has 1 aliphatic rings. The van der Waals surface area contributed by atoms with Gasteiger partial charge in [-0.3, -0.25) is 0 Å². The summed E-state index contributed by atoms with van der Waals surface area (Å²) in [4.78, 5) is 14.3. The zero-order valence-electron chi connectivity index (χ0n) is 18.7. The van der Waals surface area contributed by atoms with Gasteiger partial charge in [-0.25, -0.2) is 0 Å². The van der Waals surface area contributed by atoms with Gasteiger partial charge in [0.25, 0.3) is 0 Å². The van der Waals surface area contributed by atoms with Crippen LogP contribution in [0.5, 0.6) is 0 Å². The number of halogens is 1. The van der Waals surface area contributed by atoms with E-state index in [4.69, 9.17) is 0 Å². The molecule has 0 N–H and O–H groups in total. The van der Waals surface area contributed by atoms with E-state index in [1.807, 2.05) is 65.2 Å². The summed E-state index contributed by atoms with van der Waals surface area (Å²) < 4.78 is 17.6. The zero-order valence-corrected chi connectivity index (χ0v) is 20.4. The summed E-state index contributed by atoms with van der Waals surface area (Å²) in [5.74, 6) is -0.249. The van der Waals surface area contributed by atoms with Crippen molar-refractivity contribution < 1.29 is 9.18 Å². The van der Waals surface area contributed by atoms with E-state index in [9.17, 15) is 9.18 Å². The second-order valence-corrected chi connectivity index (χ2v) is 11.1. The zero-order chi connectivity index (χ0) is 23.3. The van der Waals surface area contributed by atoms with Crippen LogP contribution in [-0.2, 0) is 5.41 Å². The molecule has 0 bridgehead atoms. The molecule has 2 heterocycles. The van der Waals surface area contributed by atoms with E-state index in [1.165, 1.54) is 10.5 Å².